The van der Waals surface area contributed by atoms with Crippen molar-refractivity contribution in [2.24, 2.45) is 23.5 Å². The molecule has 2 rings (SSSR count). The molecule has 2 fully saturated rings. The molecule has 5 heteroatoms. The Labute approximate surface area is 76.0 Å². The molecule has 72 valence electrons. The summed E-state index contributed by atoms with van der Waals surface area (Å²) in [5.41, 5.74) is 9.22. The number of rotatable bonds is 1. The molecule has 2 atom stereocenters. The zero-order valence-corrected chi connectivity index (χ0v) is 7.25. The topological polar surface area (TPSA) is 84.2 Å². The van der Waals surface area contributed by atoms with Crippen molar-refractivity contribution in [3.63, 3.8) is 0 Å². The third kappa shape index (κ3) is 1.46. The normalized spacial score (nSPS) is 34.9. The molecule has 0 radical (unpaired) electrons. The molecule has 0 bridgehead atoms. The Kier molecular flexibility index (Phi) is 1.86. The summed E-state index contributed by atoms with van der Waals surface area (Å²) in [4.78, 5) is 21.6. The smallest absolute Gasteiger partial charge is 0.330 e. The number of urea groups is 1. The van der Waals surface area contributed by atoms with Crippen LogP contribution in [0, 0.1) is 17.8 Å². The van der Waals surface area contributed by atoms with Crippen molar-refractivity contribution >= 4 is 11.9 Å². The third-order valence-corrected chi connectivity index (χ3v) is 3.02. The number of fused-ring (bicyclic) bond motifs is 1. The third-order valence-electron chi connectivity index (χ3n) is 3.02. The molecule has 4 N–H and O–H groups in total. The predicted molar refractivity (Wildman–Crippen MR) is 45.2 cm³/mol. The van der Waals surface area contributed by atoms with Crippen LogP contribution >= 0.6 is 0 Å². The van der Waals surface area contributed by atoms with Crippen molar-refractivity contribution in [2.45, 2.75) is 19.3 Å². The van der Waals surface area contributed by atoms with Crippen LogP contribution in [0.5, 0.6) is 0 Å². The van der Waals surface area contributed by atoms with Crippen molar-refractivity contribution in [3.8, 4) is 0 Å². The van der Waals surface area contributed by atoms with E-state index in [0.717, 1.165) is 12.8 Å². The molecule has 0 heterocycles. The minimum Gasteiger partial charge on any atom is -0.350 e. The van der Waals surface area contributed by atoms with Crippen LogP contribution in [-0.4, -0.2) is 11.9 Å². The van der Waals surface area contributed by atoms with Gasteiger partial charge in [0.25, 0.3) is 0 Å². The van der Waals surface area contributed by atoms with E-state index in [9.17, 15) is 9.59 Å². The maximum absolute atomic E-state index is 11.3. The van der Waals surface area contributed by atoms with E-state index >= 15 is 0 Å². The van der Waals surface area contributed by atoms with Gasteiger partial charge in [-0.25, -0.2) is 10.2 Å². The van der Waals surface area contributed by atoms with Crippen LogP contribution in [0.15, 0.2) is 0 Å². The first-order valence-corrected chi connectivity index (χ1v) is 4.55. The number of primary amides is 1. The van der Waals surface area contributed by atoms with Crippen molar-refractivity contribution < 1.29 is 9.59 Å². The number of amides is 3. The van der Waals surface area contributed by atoms with E-state index in [-0.39, 0.29) is 11.8 Å². The van der Waals surface area contributed by atoms with Gasteiger partial charge >= 0.3 is 6.03 Å². The molecule has 13 heavy (non-hydrogen) atoms. The molecule has 2 unspecified atom stereocenters. The lowest BCUT2D eigenvalue weighted by Gasteiger charge is -2.05. The Morgan fingerprint density at radius 2 is 1.77 bits per heavy atom. The molecule has 5 nitrogen and oxygen atoms in total. The van der Waals surface area contributed by atoms with E-state index in [1.807, 2.05) is 0 Å². The Hall–Kier alpha value is -1.26. The number of nitrogens with two attached hydrogens (primary N) is 1. The largest absolute Gasteiger partial charge is 0.350 e. The number of hydrazine groups is 1. The number of carbonyl (C=O) groups excluding carboxylic acids is 2. The van der Waals surface area contributed by atoms with Crippen LogP contribution in [-0.2, 0) is 4.79 Å². The Bertz CT molecular complexity index is 244. The van der Waals surface area contributed by atoms with Gasteiger partial charge in [0.2, 0.25) is 5.91 Å². The molecule has 0 aromatic rings. The summed E-state index contributed by atoms with van der Waals surface area (Å²) in [6.45, 7) is 0. The van der Waals surface area contributed by atoms with Crippen LogP contribution in [0.1, 0.15) is 19.3 Å². The average Bonchev–Trinajstić information content (AvgIpc) is 2.56. The summed E-state index contributed by atoms with van der Waals surface area (Å²) in [6.07, 6.45) is 3.54. The molecule has 0 aliphatic heterocycles. The first-order chi connectivity index (χ1) is 6.20. The fraction of sp³-hybridized carbons (Fsp3) is 0.750. The quantitative estimate of drug-likeness (QED) is 0.489. The number of hydrogen-bond donors (Lipinski definition) is 3. The molecule has 0 aromatic carbocycles. The Balaban J connectivity index is 1.77. The summed E-state index contributed by atoms with van der Waals surface area (Å²) >= 11 is 0. The van der Waals surface area contributed by atoms with E-state index in [2.05, 4.69) is 10.9 Å². The summed E-state index contributed by atoms with van der Waals surface area (Å²) in [6, 6.07) is -0.723. The van der Waals surface area contributed by atoms with Gasteiger partial charge in [-0.3, -0.25) is 10.2 Å². The second-order valence-corrected chi connectivity index (χ2v) is 3.76. The molecule has 0 aromatic heterocycles. The van der Waals surface area contributed by atoms with Crippen molar-refractivity contribution in [3.05, 3.63) is 0 Å². The fourth-order valence-corrected chi connectivity index (χ4v) is 2.42. The van der Waals surface area contributed by atoms with E-state index < -0.39 is 6.03 Å². The summed E-state index contributed by atoms with van der Waals surface area (Å²) < 4.78 is 0. The zero-order chi connectivity index (χ0) is 9.42. The van der Waals surface area contributed by atoms with E-state index in [1.165, 1.54) is 6.42 Å². The summed E-state index contributed by atoms with van der Waals surface area (Å²) in [7, 11) is 0. The summed E-state index contributed by atoms with van der Waals surface area (Å²) in [5.74, 6) is 1.17. The minimum atomic E-state index is -0.723. The lowest BCUT2D eigenvalue weighted by atomic mass is 10.1. The molecular weight excluding hydrogens is 170 g/mol. The van der Waals surface area contributed by atoms with Gasteiger partial charge in [0, 0.05) is 5.92 Å². The fourth-order valence-electron chi connectivity index (χ4n) is 2.42. The minimum absolute atomic E-state index is 0.0894. The first kappa shape index (κ1) is 8.34. The first-order valence-electron chi connectivity index (χ1n) is 4.55. The van der Waals surface area contributed by atoms with Crippen molar-refractivity contribution in [2.75, 3.05) is 0 Å². The molecule has 3 amide bonds. The number of nitrogens with one attached hydrogen (secondary N) is 2. The molecule has 2 aliphatic carbocycles. The summed E-state index contributed by atoms with van der Waals surface area (Å²) in [5, 5.41) is 0. The Morgan fingerprint density at radius 3 is 2.31 bits per heavy atom. The maximum Gasteiger partial charge on any atom is 0.330 e. The highest BCUT2D eigenvalue weighted by molar-refractivity contribution is 5.84. The van der Waals surface area contributed by atoms with E-state index in [0.29, 0.717) is 11.8 Å². The highest BCUT2D eigenvalue weighted by Crippen LogP contribution is 2.57. The molecule has 0 saturated heterocycles. The average molecular weight is 183 g/mol. The zero-order valence-electron chi connectivity index (χ0n) is 7.25. The van der Waals surface area contributed by atoms with E-state index in [4.69, 9.17) is 5.73 Å². The SMILES string of the molecule is NC(=O)NNC(=O)C1C2CCCC21. The monoisotopic (exact) mass is 183 g/mol. The number of carbonyl (C=O) groups is 2. The highest BCUT2D eigenvalue weighted by atomic mass is 16.2. The van der Waals surface area contributed by atoms with Crippen LogP contribution in [0.2, 0.25) is 0 Å². The van der Waals surface area contributed by atoms with Crippen molar-refractivity contribution in [1.29, 1.82) is 0 Å². The van der Waals surface area contributed by atoms with Crippen molar-refractivity contribution in [1.82, 2.24) is 10.9 Å². The van der Waals surface area contributed by atoms with Crippen LogP contribution in [0.4, 0.5) is 4.79 Å². The Morgan fingerprint density at radius 1 is 1.15 bits per heavy atom. The molecular formula is C8H13N3O2. The van der Waals surface area contributed by atoms with Crippen LogP contribution in [0.3, 0.4) is 0 Å². The molecule has 0 spiro atoms. The van der Waals surface area contributed by atoms with Gasteiger partial charge in [0.15, 0.2) is 0 Å². The second-order valence-electron chi connectivity index (χ2n) is 3.76. The predicted octanol–water partition coefficient (Wildman–Crippen LogP) is -0.268. The molecule has 2 aliphatic rings. The van der Waals surface area contributed by atoms with Crippen LogP contribution in [0.25, 0.3) is 0 Å². The standard InChI is InChI=1S/C8H13N3O2/c9-8(13)11-10-7(12)6-4-2-1-3-5(4)6/h4-6H,1-3H2,(H,10,12)(H3,9,11,13). The highest BCUT2D eigenvalue weighted by Gasteiger charge is 2.56. The lowest BCUT2D eigenvalue weighted by molar-refractivity contribution is -0.123. The lowest BCUT2D eigenvalue weighted by Crippen LogP contribution is -2.45. The van der Waals surface area contributed by atoms with Gasteiger partial charge < -0.3 is 5.73 Å². The van der Waals surface area contributed by atoms with Gasteiger partial charge in [-0.15, -0.1) is 0 Å². The van der Waals surface area contributed by atoms with Gasteiger partial charge in [0.1, 0.15) is 0 Å². The van der Waals surface area contributed by atoms with Gasteiger partial charge in [-0.05, 0) is 24.7 Å². The van der Waals surface area contributed by atoms with Gasteiger partial charge in [-0.1, -0.05) is 6.42 Å². The molecule has 2 saturated carbocycles. The van der Waals surface area contributed by atoms with Gasteiger partial charge in [0.05, 0.1) is 0 Å². The van der Waals surface area contributed by atoms with Gasteiger partial charge in [-0.2, -0.15) is 0 Å². The van der Waals surface area contributed by atoms with E-state index in [1.54, 1.807) is 0 Å². The second kappa shape index (κ2) is 2.90. The maximum atomic E-state index is 11.3. The number of hydrogen-bond acceptors (Lipinski definition) is 2. The van der Waals surface area contributed by atoms with Crippen LogP contribution < -0.4 is 16.6 Å².